The maximum absolute atomic E-state index is 13.6. The number of hydrogen-bond donors (Lipinski definition) is 2. The molecule has 0 aliphatic carbocycles. The van der Waals surface area contributed by atoms with Crippen molar-refractivity contribution in [3.8, 4) is 11.5 Å². The third-order valence-corrected chi connectivity index (χ3v) is 8.71. The summed E-state index contributed by atoms with van der Waals surface area (Å²) in [5, 5.41) is 4.22. The van der Waals surface area contributed by atoms with Crippen molar-refractivity contribution in [2.45, 2.75) is 57.9 Å². The number of H-pyrrole nitrogens is 1. The van der Waals surface area contributed by atoms with Gasteiger partial charge in [0.1, 0.15) is 11.5 Å². The number of likely N-dealkylation sites (tertiary alicyclic amines) is 1. The first-order valence-corrected chi connectivity index (χ1v) is 16.6. The van der Waals surface area contributed by atoms with E-state index in [0.717, 1.165) is 47.5 Å². The van der Waals surface area contributed by atoms with Gasteiger partial charge in [-0.1, -0.05) is 23.7 Å². The van der Waals surface area contributed by atoms with Crippen LogP contribution in [0.4, 0.5) is 0 Å². The number of aromatic amines is 1. The largest absolute Gasteiger partial charge is 0.497 e. The maximum atomic E-state index is 13.6. The van der Waals surface area contributed by atoms with Gasteiger partial charge in [-0.25, -0.2) is 4.79 Å². The fourth-order valence-corrected chi connectivity index (χ4v) is 6.19. The van der Waals surface area contributed by atoms with Gasteiger partial charge in [0.05, 0.1) is 25.2 Å². The number of ether oxygens (including phenoxy) is 3. The number of aryl methyl sites for hydroxylation is 1. The van der Waals surface area contributed by atoms with Gasteiger partial charge in [0.2, 0.25) is 5.91 Å². The summed E-state index contributed by atoms with van der Waals surface area (Å²) in [5.74, 6) is -0.858. The fraction of sp³-hybridized carbons (Fsp3) is 0.378. The molecule has 0 bridgehead atoms. The number of esters is 2. The minimum atomic E-state index is -0.783. The quantitative estimate of drug-likeness (QED) is 0.0807. The van der Waals surface area contributed by atoms with Gasteiger partial charge in [-0.3, -0.25) is 14.5 Å². The molecule has 47 heavy (non-hydrogen) atoms. The molecule has 0 spiro atoms. The molecule has 1 aliphatic heterocycles. The Morgan fingerprint density at radius 1 is 0.979 bits per heavy atom. The van der Waals surface area contributed by atoms with Crippen LogP contribution in [0.2, 0.25) is 5.02 Å². The van der Waals surface area contributed by atoms with Crippen LogP contribution in [0.3, 0.4) is 0 Å². The average molecular weight is 660 g/mol. The van der Waals surface area contributed by atoms with Crippen LogP contribution in [-0.2, 0) is 20.9 Å². The predicted molar refractivity (Wildman–Crippen MR) is 182 cm³/mol. The molecule has 0 saturated carbocycles. The first-order chi connectivity index (χ1) is 22.8. The van der Waals surface area contributed by atoms with Crippen LogP contribution < -0.4 is 14.8 Å². The van der Waals surface area contributed by atoms with Crippen molar-refractivity contribution >= 4 is 40.3 Å². The van der Waals surface area contributed by atoms with Gasteiger partial charge in [0, 0.05) is 41.1 Å². The third-order valence-electron chi connectivity index (χ3n) is 8.46. The normalized spacial score (nSPS) is 13.8. The number of rotatable bonds is 15. The van der Waals surface area contributed by atoms with E-state index in [-0.39, 0.29) is 17.9 Å². The van der Waals surface area contributed by atoms with Crippen molar-refractivity contribution in [2.24, 2.45) is 0 Å². The first kappa shape index (κ1) is 34.0. The average Bonchev–Trinajstić information content (AvgIpc) is 3.69. The van der Waals surface area contributed by atoms with Crippen LogP contribution in [0.15, 0.2) is 66.7 Å². The molecular weight excluding hydrogens is 618 g/mol. The van der Waals surface area contributed by atoms with Crippen LogP contribution in [0.1, 0.15) is 71.6 Å². The zero-order valence-corrected chi connectivity index (χ0v) is 27.7. The van der Waals surface area contributed by atoms with E-state index >= 15 is 0 Å². The summed E-state index contributed by atoms with van der Waals surface area (Å²) in [6, 6.07) is 19.9. The SMILES string of the molecule is COc1ccc2[nH]c(C)c(C(CCCC(=O)NCCCOc3cccc(CN4CCCC4)c3)C(=O)OC(=O)c3ccc(Cl)cc3)c2c1. The number of nitrogens with one attached hydrogen (secondary N) is 2. The topological polar surface area (TPSA) is 110 Å². The summed E-state index contributed by atoms with van der Waals surface area (Å²) in [6.07, 6.45) is 4.14. The van der Waals surface area contributed by atoms with Gasteiger partial charge in [-0.15, -0.1) is 0 Å². The second-order valence-corrected chi connectivity index (χ2v) is 12.4. The third kappa shape index (κ3) is 9.36. The van der Waals surface area contributed by atoms with Gasteiger partial charge >= 0.3 is 11.9 Å². The van der Waals surface area contributed by atoms with E-state index in [0.29, 0.717) is 43.2 Å². The van der Waals surface area contributed by atoms with E-state index in [1.54, 1.807) is 19.2 Å². The van der Waals surface area contributed by atoms with E-state index in [9.17, 15) is 14.4 Å². The molecule has 1 aromatic heterocycles. The van der Waals surface area contributed by atoms with Gasteiger partial charge in [-0.05, 0) is 118 Å². The van der Waals surface area contributed by atoms with Crippen LogP contribution in [-0.4, -0.2) is 61.1 Å². The van der Waals surface area contributed by atoms with Crippen molar-refractivity contribution < 1.29 is 28.6 Å². The zero-order chi connectivity index (χ0) is 33.2. The van der Waals surface area contributed by atoms with Gasteiger partial charge < -0.3 is 24.5 Å². The standard InChI is InChI=1S/C37H42ClN3O6/c1-25-35(32-23-29(45-2)16-17-33(32)40-25)31(37(44)47-36(43)27-12-14-28(38)15-13-27)10-6-11-34(42)39-18-7-21-46-30-9-5-8-26(22-30)24-41-19-3-4-20-41/h5,8-9,12-17,22-23,31,40H,3-4,6-7,10-11,18-21,24H2,1-2H3,(H,39,42). The zero-order valence-electron chi connectivity index (χ0n) is 27.0. The summed E-state index contributed by atoms with van der Waals surface area (Å²) in [5.41, 5.74) is 3.79. The number of hydrogen-bond acceptors (Lipinski definition) is 7. The van der Waals surface area contributed by atoms with Crippen molar-refractivity contribution in [3.05, 3.63) is 94.1 Å². The number of nitrogens with zero attached hydrogens (tertiary/aromatic N) is 1. The van der Waals surface area contributed by atoms with Crippen LogP contribution in [0.25, 0.3) is 10.9 Å². The molecule has 1 fully saturated rings. The van der Waals surface area contributed by atoms with E-state index in [1.165, 1.54) is 30.5 Å². The maximum Gasteiger partial charge on any atom is 0.345 e. The Labute approximate surface area is 280 Å². The summed E-state index contributed by atoms with van der Waals surface area (Å²) in [6.45, 7) is 6.09. The Kier molecular flexibility index (Phi) is 11.9. The molecule has 1 saturated heterocycles. The van der Waals surface area contributed by atoms with Gasteiger partial charge in [0.25, 0.3) is 0 Å². The Morgan fingerprint density at radius 2 is 1.77 bits per heavy atom. The fourth-order valence-electron chi connectivity index (χ4n) is 6.07. The van der Waals surface area contributed by atoms with Crippen molar-refractivity contribution in [3.63, 3.8) is 0 Å². The number of carbonyl (C=O) groups excluding carboxylic acids is 3. The highest BCUT2D eigenvalue weighted by Gasteiger charge is 2.29. The van der Waals surface area contributed by atoms with Crippen molar-refractivity contribution in [1.82, 2.24) is 15.2 Å². The van der Waals surface area contributed by atoms with Gasteiger partial charge in [0.15, 0.2) is 0 Å². The Bertz CT molecular complexity index is 1680. The Balaban J connectivity index is 1.14. The molecule has 248 valence electrons. The van der Waals surface area contributed by atoms with Crippen LogP contribution in [0.5, 0.6) is 11.5 Å². The summed E-state index contributed by atoms with van der Waals surface area (Å²) in [4.78, 5) is 44.9. The minimum Gasteiger partial charge on any atom is -0.497 e. The summed E-state index contributed by atoms with van der Waals surface area (Å²) in [7, 11) is 1.58. The number of carbonyl (C=O) groups is 3. The number of methoxy groups -OCH3 is 1. The van der Waals surface area contributed by atoms with Crippen molar-refractivity contribution in [1.29, 1.82) is 0 Å². The van der Waals surface area contributed by atoms with Crippen LogP contribution in [0, 0.1) is 6.92 Å². The van der Waals surface area contributed by atoms with Crippen LogP contribution >= 0.6 is 11.6 Å². The first-order valence-electron chi connectivity index (χ1n) is 16.2. The van der Waals surface area contributed by atoms with Crippen molar-refractivity contribution in [2.75, 3.05) is 33.4 Å². The number of aromatic nitrogens is 1. The second kappa shape index (κ2) is 16.5. The van der Waals surface area contributed by atoms with E-state index < -0.39 is 17.9 Å². The number of benzene rings is 3. The summed E-state index contributed by atoms with van der Waals surface area (Å²) < 4.78 is 16.7. The molecule has 1 amide bonds. The molecule has 2 heterocycles. The van der Waals surface area contributed by atoms with E-state index in [2.05, 4.69) is 27.3 Å². The second-order valence-electron chi connectivity index (χ2n) is 11.9. The smallest absolute Gasteiger partial charge is 0.345 e. The molecule has 0 radical (unpaired) electrons. The molecular formula is C37H42ClN3O6. The Morgan fingerprint density at radius 3 is 2.53 bits per heavy atom. The van der Waals surface area contributed by atoms with E-state index in [4.69, 9.17) is 25.8 Å². The summed E-state index contributed by atoms with van der Waals surface area (Å²) >= 11 is 5.95. The molecule has 5 rings (SSSR count). The monoisotopic (exact) mass is 659 g/mol. The molecule has 2 N–H and O–H groups in total. The highest BCUT2D eigenvalue weighted by atomic mass is 35.5. The highest BCUT2D eigenvalue weighted by Crippen LogP contribution is 2.35. The molecule has 1 unspecified atom stereocenters. The Hall–Kier alpha value is -4.34. The molecule has 9 nitrogen and oxygen atoms in total. The lowest BCUT2D eigenvalue weighted by Crippen LogP contribution is -2.26. The highest BCUT2D eigenvalue weighted by molar-refractivity contribution is 6.30. The lowest BCUT2D eigenvalue weighted by Gasteiger charge is -2.17. The molecule has 10 heteroatoms. The number of fused-ring (bicyclic) bond motifs is 1. The molecule has 3 aromatic carbocycles. The number of amides is 1. The minimum absolute atomic E-state index is 0.112. The van der Waals surface area contributed by atoms with E-state index in [1.807, 2.05) is 37.3 Å². The lowest BCUT2D eigenvalue weighted by molar-refractivity contribution is -0.140. The predicted octanol–water partition coefficient (Wildman–Crippen LogP) is 6.96. The molecule has 1 atom stereocenters. The molecule has 4 aromatic rings. The molecule has 1 aliphatic rings. The lowest BCUT2D eigenvalue weighted by atomic mass is 9.91. The number of halogens is 1. The van der Waals surface area contributed by atoms with Gasteiger partial charge in [-0.2, -0.15) is 0 Å².